The Balaban J connectivity index is 1.13. The van der Waals surface area contributed by atoms with E-state index in [2.05, 4.69) is 5.32 Å². The van der Waals surface area contributed by atoms with Gasteiger partial charge in [0.05, 0.1) is 11.3 Å². The Kier molecular flexibility index (Phi) is 13.4. The highest BCUT2D eigenvalue weighted by molar-refractivity contribution is 6.07. The summed E-state index contributed by atoms with van der Waals surface area (Å²) in [5.74, 6) is 2.41. The van der Waals surface area contributed by atoms with Crippen molar-refractivity contribution >= 4 is 11.6 Å². The monoisotopic (exact) mass is 725 g/mol. The molecule has 6 aromatic carbocycles. The van der Waals surface area contributed by atoms with Crippen LogP contribution >= 0.6 is 0 Å². The van der Waals surface area contributed by atoms with Crippen LogP contribution in [-0.4, -0.2) is 33.0 Å². The number of hydrogen-bond donors (Lipinski definition) is 1. The fourth-order valence-corrected chi connectivity index (χ4v) is 5.53. The van der Waals surface area contributed by atoms with Crippen LogP contribution in [0.5, 0.6) is 34.5 Å². The number of amides is 1. The Bertz CT molecular complexity index is 2070. The van der Waals surface area contributed by atoms with Crippen molar-refractivity contribution in [3.8, 4) is 34.5 Å². The van der Waals surface area contributed by atoms with Gasteiger partial charge in [0.25, 0.3) is 5.91 Å². The molecule has 0 saturated carbocycles. The molecular formula is C45H43NO8. The third-order valence-corrected chi connectivity index (χ3v) is 8.24. The second kappa shape index (κ2) is 19.4. The van der Waals surface area contributed by atoms with Crippen molar-refractivity contribution in [1.82, 2.24) is 0 Å². The molecule has 0 aliphatic heterocycles. The lowest BCUT2D eigenvalue weighted by atomic mass is 10.1. The second-order valence-electron chi connectivity index (χ2n) is 12.2. The molecule has 0 fully saturated rings. The summed E-state index contributed by atoms with van der Waals surface area (Å²) in [5.41, 5.74) is 4.69. The number of rotatable bonds is 19. The van der Waals surface area contributed by atoms with Crippen LogP contribution < -0.4 is 33.7 Å². The van der Waals surface area contributed by atoms with E-state index in [9.17, 15) is 4.79 Å². The van der Waals surface area contributed by atoms with Crippen molar-refractivity contribution in [2.24, 2.45) is 0 Å². The molecule has 0 unspecified atom stereocenters. The van der Waals surface area contributed by atoms with Gasteiger partial charge in [-0.3, -0.25) is 4.79 Å². The second-order valence-corrected chi connectivity index (χ2v) is 12.2. The van der Waals surface area contributed by atoms with Crippen LogP contribution in [-0.2, 0) is 24.6 Å². The molecule has 6 rings (SSSR count). The molecule has 0 bridgehead atoms. The predicted molar refractivity (Wildman–Crippen MR) is 208 cm³/mol. The minimum absolute atomic E-state index is 0.0200. The molecule has 0 atom stereocenters. The van der Waals surface area contributed by atoms with Gasteiger partial charge < -0.3 is 38.5 Å². The first-order valence-electron chi connectivity index (χ1n) is 17.6. The summed E-state index contributed by atoms with van der Waals surface area (Å²) in [5, 5.41) is 3.01. The molecule has 0 heterocycles. The van der Waals surface area contributed by atoms with Gasteiger partial charge in [-0.15, -0.1) is 0 Å². The van der Waals surface area contributed by atoms with Gasteiger partial charge in [-0.25, -0.2) is 0 Å². The first-order valence-corrected chi connectivity index (χ1v) is 17.6. The molecule has 9 nitrogen and oxygen atoms in total. The number of para-hydroxylation sites is 3. The summed E-state index contributed by atoms with van der Waals surface area (Å²) in [4.78, 5) is 13.9. The van der Waals surface area contributed by atoms with Crippen LogP contribution in [0.2, 0.25) is 0 Å². The highest BCUT2D eigenvalue weighted by Gasteiger charge is 2.20. The Morgan fingerprint density at radius 3 is 1.63 bits per heavy atom. The number of carbonyl (C=O) groups excluding carboxylic acids is 1. The van der Waals surface area contributed by atoms with Crippen LogP contribution in [0.4, 0.5) is 5.69 Å². The molecule has 0 aliphatic rings. The largest absolute Gasteiger partial charge is 0.488 e. The van der Waals surface area contributed by atoms with Gasteiger partial charge in [0.15, 0.2) is 29.8 Å². The summed E-state index contributed by atoms with van der Waals surface area (Å²) >= 11 is 0. The van der Waals surface area contributed by atoms with E-state index in [4.69, 9.17) is 33.2 Å². The van der Waals surface area contributed by atoms with E-state index >= 15 is 0 Å². The molecule has 0 aromatic heterocycles. The van der Waals surface area contributed by atoms with E-state index in [-0.39, 0.29) is 32.5 Å². The fourth-order valence-electron chi connectivity index (χ4n) is 5.53. The van der Waals surface area contributed by atoms with Crippen molar-refractivity contribution < 1.29 is 38.0 Å². The Morgan fingerprint density at radius 2 is 1.00 bits per heavy atom. The smallest absolute Gasteiger partial charge is 0.259 e. The summed E-state index contributed by atoms with van der Waals surface area (Å²) < 4.78 is 42.0. The van der Waals surface area contributed by atoms with Gasteiger partial charge in [-0.05, 0) is 59.5 Å². The number of methoxy groups -OCH3 is 1. The van der Waals surface area contributed by atoms with Crippen LogP contribution in [0.15, 0.2) is 146 Å². The summed E-state index contributed by atoms with van der Waals surface area (Å²) in [7, 11) is 1.56. The molecule has 1 N–H and O–H groups in total. The van der Waals surface area contributed by atoms with Crippen molar-refractivity contribution in [3.05, 3.63) is 173 Å². The normalized spacial score (nSPS) is 10.6. The molecule has 276 valence electrons. The number of nitrogens with one attached hydrogen (secondary N) is 1. The zero-order chi connectivity index (χ0) is 37.4. The number of benzene rings is 6. The zero-order valence-corrected chi connectivity index (χ0v) is 30.4. The summed E-state index contributed by atoms with van der Waals surface area (Å²) in [6.45, 7) is 3.27. The van der Waals surface area contributed by atoms with E-state index in [0.29, 0.717) is 59.0 Å². The Hall–Kier alpha value is -6.45. The SMILES string of the molecule is COCOc1c(OCCOc2ccccc2NC(=O)c2cccc(OCc3ccccc3)c2OCc2ccccc2)ccc(C)c1OCc1ccccc1. The topological polar surface area (TPSA) is 93.7 Å². The molecule has 1 amide bonds. The molecule has 6 aromatic rings. The van der Waals surface area contributed by atoms with Crippen molar-refractivity contribution in [1.29, 1.82) is 0 Å². The number of carbonyl (C=O) groups is 1. The first-order chi connectivity index (χ1) is 26.6. The molecule has 54 heavy (non-hydrogen) atoms. The lowest BCUT2D eigenvalue weighted by Crippen LogP contribution is -2.16. The predicted octanol–water partition coefficient (Wildman–Crippen LogP) is 9.42. The van der Waals surface area contributed by atoms with Crippen molar-refractivity contribution in [2.75, 3.05) is 32.4 Å². The molecule has 9 heteroatoms. The van der Waals surface area contributed by atoms with E-state index < -0.39 is 0 Å². The standard InChI is InChI=1S/C45H43NO8/c1-33-25-26-41(44(54-32-48-2)42(33)52-30-35-17-8-4-9-18-35)50-28-27-49-39-23-13-12-22-38(39)46-45(47)37-21-14-24-40(51-29-34-15-6-3-7-16-34)43(37)53-31-36-19-10-5-11-20-36/h3-26H,27-32H2,1-2H3,(H,46,47). The van der Waals surface area contributed by atoms with Gasteiger partial charge in [0.1, 0.15) is 38.8 Å². The third-order valence-electron chi connectivity index (χ3n) is 8.24. The van der Waals surface area contributed by atoms with E-state index in [0.717, 1.165) is 22.3 Å². The Labute approximate surface area is 316 Å². The average Bonchev–Trinajstić information content (AvgIpc) is 3.22. The molecule has 0 spiro atoms. The van der Waals surface area contributed by atoms with Gasteiger partial charge in [0, 0.05) is 7.11 Å². The minimum Gasteiger partial charge on any atom is -0.488 e. The summed E-state index contributed by atoms with van der Waals surface area (Å²) in [6.07, 6.45) is 0. The van der Waals surface area contributed by atoms with Crippen LogP contribution in [0.3, 0.4) is 0 Å². The summed E-state index contributed by atoms with van der Waals surface area (Å²) in [6, 6.07) is 45.8. The molecule has 0 aliphatic carbocycles. The highest BCUT2D eigenvalue weighted by atomic mass is 16.7. The number of hydrogen-bond acceptors (Lipinski definition) is 8. The van der Waals surface area contributed by atoms with E-state index in [1.807, 2.05) is 122 Å². The minimum atomic E-state index is -0.377. The molecule has 0 radical (unpaired) electrons. The highest BCUT2D eigenvalue weighted by Crippen LogP contribution is 2.41. The zero-order valence-electron chi connectivity index (χ0n) is 30.4. The van der Waals surface area contributed by atoms with Crippen molar-refractivity contribution in [3.63, 3.8) is 0 Å². The van der Waals surface area contributed by atoms with Crippen LogP contribution in [0.1, 0.15) is 32.6 Å². The number of ether oxygens (including phenoxy) is 7. The third kappa shape index (κ3) is 10.3. The van der Waals surface area contributed by atoms with Gasteiger partial charge in [-0.2, -0.15) is 0 Å². The van der Waals surface area contributed by atoms with E-state index in [1.165, 1.54) is 0 Å². The van der Waals surface area contributed by atoms with Crippen LogP contribution in [0, 0.1) is 6.92 Å². The number of anilines is 1. The maximum atomic E-state index is 13.9. The van der Waals surface area contributed by atoms with Crippen LogP contribution in [0.25, 0.3) is 0 Å². The number of aryl methyl sites for hydroxylation is 1. The lowest BCUT2D eigenvalue weighted by Gasteiger charge is -2.19. The fraction of sp³-hybridized carbons (Fsp3) is 0.178. The van der Waals surface area contributed by atoms with E-state index in [1.54, 1.807) is 37.4 Å². The maximum absolute atomic E-state index is 13.9. The Morgan fingerprint density at radius 1 is 0.481 bits per heavy atom. The van der Waals surface area contributed by atoms with Gasteiger partial charge in [-0.1, -0.05) is 115 Å². The van der Waals surface area contributed by atoms with Gasteiger partial charge >= 0.3 is 0 Å². The molecular weight excluding hydrogens is 682 g/mol. The lowest BCUT2D eigenvalue weighted by molar-refractivity contribution is 0.0453. The average molecular weight is 726 g/mol. The first kappa shape index (κ1) is 37.3. The quantitative estimate of drug-likeness (QED) is 0.0652. The maximum Gasteiger partial charge on any atom is 0.259 e. The molecule has 0 saturated heterocycles. The van der Waals surface area contributed by atoms with Crippen molar-refractivity contribution in [2.45, 2.75) is 26.7 Å². The van der Waals surface area contributed by atoms with Gasteiger partial charge in [0.2, 0.25) is 5.75 Å².